The molecule has 1 unspecified atom stereocenters. The van der Waals surface area contributed by atoms with Crippen molar-refractivity contribution < 1.29 is 4.79 Å². The highest BCUT2D eigenvalue weighted by atomic mass is 16.1. The molecule has 0 bridgehead atoms. The first-order valence-corrected chi connectivity index (χ1v) is 4.45. The van der Waals surface area contributed by atoms with E-state index in [1.54, 1.807) is 0 Å². The number of Topliss-reactive ketones (excluding diaryl/α,β-unsaturated/α-hetero) is 1. The van der Waals surface area contributed by atoms with Crippen LogP contribution in [0.5, 0.6) is 0 Å². The number of carbonyl (C=O) groups excluding carboxylic acids is 1. The molecule has 2 rings (SSSR count). The van der Waals surface area contributed by atoms with Crippen LogP contribution in [0, 0.1) is 0 Å². The molecule has 1 N–H and O–H groups in total. The lowest BCUT2D eigenvalue weighted by Crippen LogP contribution is -2.33. The maximum Gasteiger partial charge on any atom is 0.164 e. The first-order valence-electron chi connectivity index (χ1n) is 4.45. The van der Waals surface area contributed by atoms with Crippen LogP contribution in [0.15, 0.2) is 36.2 Å². The van der Waals surface area contributed by atoms with Crippen LogP contribution in [-0.2, 0) is 4.79 Å². The zero-order valence-electron chi connectivity index (χ0n) is 7.53. The van der Waals surface area contributed by atoms with Crippen molar-refractivity contribution in [3.05, 3.63) is 36.2 Å². The number of nitrogens with one attached hydrogen (secondary N) is 1. The van der Waals surface area contributed by atoms with Gasteiger partial charge >= 0.3 is 0 Å². The van der Waals surface area contributed by atoms with Gasteiger partial charge < -0.3 is 5.43 Å². The van der Waals surface area contributed by atoms with Crippen molar-refractivity contribution in [3.8, 4) is 0 Å². The van der Waals surface area contributed by atoms with Gasteiger partial charge in [0.25, 0.3) is 0 Å². The minimum absolute atomic E-state index is 0.184. The van der Waals surface area contributed by atoms with E-state index < -0.39 is 0 Å². The molecule has 0 amide bonds. The summed E-state index contributed by atoms with van der Waals surface area (Å²) in [6.45, 7) is 1.87. The molecule has 0 aromatic rings. The maximum atomic E-state index is 11.4. The van der Waals surface area contributed by atoms with Crippen molar-refractivity contribution in [2.24, 2.45) is 0 Å². The van der Waals surface area contributed by atoms with Gasteiger partial charge in [0.1, 0.15) is 0 Å². The molecule has 2 aliphatic rings. The van der Waals surface area contributed by atoms with Crippen molar-refractivity contribution in [2.45, 2.75) is 19.4 Å². The van der Waals surface area contributed by atoms with Gasteiger partial charge in [-0.15, -0.1) is 0 Å². The second kappa shape index (κ2) is 3.09. The molecule has 2 heterocycles. The van der Waals surface area contributed by atoms with Crippen LogP contribution < -0.4 is 5.43 Å². The largest absolute Gasteiger partial charge is 0.306 e. The third-order valence-electron chi connectivity index (χ3n) is 2.23. The fourth-order valence-corrected chi connectivity index (χ4v) is 1.45. The Morgan fingerprint density at radius 3 is 3.23 bits per heavy atom. The molecule has 3 nitrogen and oxygen atoms in total. The van der Waals surface area contributed by atoms with E-state index in [-0.39, 0.29) is 11.8 Å². The Morgan fingerprint density at radius 2 is 2.46 bits per heavy atom. The summed E-state index contributed by atoms with van der Waals surface area (Å²) < 4.78 is 0. The van der Waals surface area contributed by atoms with Crippen LogP contribution in [0.25, 0.3) is 0 Å². The fraction of sp³-hybridized carbons (Fsp3) is 0.300. The Balaban J connectivity index is 2.17. The van der Waals surface area contributed by atoms with Gasteiger partial charge in [-0.3, -0.25) is 9.80 Å². The molecule has 0 saturated carbocycles. The molecule has 0 radical (unpaired) electrons. The zero-order chi connectivity index (χ0) is 9.26. The van der Waals surface area contributed by atoms with Crippen LogP contribution in [0.3, 0.4) is 0 Å². The molecule has 1 atom stereocenters. The summed E-state index contributed by atoms with van der Waals surface area (Å²) in [5.41, 5.74) is 3.81. The number of ketones is 1. The molecule has 0 aliphatic carbocycles. The molecule has 0 fully saturated rings. The molecule has 0 aromatic heterocycles. The summed E-state index contributed by atoms with van der Waals surface area (Å²) in [6, 6.07) is 0.272. The fourth-order valence-electron chi connectivity index (χ4n) is 1.45. The summed E-state index contributed by atoms with van der Waals surface area (Å²) in [7, 11) is 0. The lowest BCUT2D eigenvalue weighted by Gasteiger charge is -2.24. The van der Waals surface area contributed by atoms with Gasteiger partial charge in [-0.2, -0.15) is 0 Å². The monoisotopic (exact) mass is 176 g/mol. The number of rotatable bonds is 2. The predicted molar refractivity (Wildman–Crippen MR) is 50.4 cm³/mol. The smallest absolute Gasteiger partial charge is 0.164 e. The number of fused-ring (bicyclic) bond motifs is 1. The van der Waals surface area contributed by atoms with Crippen molar-refractivity contribution >= 4 is 5.78 Å². The van der Waals surface area contributed by atoms with Crippen molar-refractivity contribution in [3.63, 3.8) is 0 Å². The highest BCUT2D eigenvalue weighted by Crippen LogP contribution is 2.17. The van der Waals surface area contributed by atoms with Gasteiger partial charge in [0.2, 0.25) is 0 Å². The van der Waals surface area contributed by atoms with Crippen molar-refractivity contribution in [1.29, 1.82) is 0 Å². The second-order valence-corrected chi connectivity index (χ2v) is 3.11. The van der Waals surface area contributed by atoms with Gasteiger partial charge in [0.15, 0.2) is 5.78 Å². The highest BCUT2D eigenvalue weighted by Gasteiger charge is 2.19. The maximum absolute atomic E-state index is 11.4. The van der Waals surface area contributed by atoms with E-state index in [9.17, 15) is 4.79 Å². The third kappa shape index (κ3) is 1.37. The first kappa shape index (κ1) is 8.10. The number of hydrazine groups is 1. The van der Waals surface area contributed by atoms with E-state index in [4.69, 9.17) is 0 Å². The summed E-state index contributed by atoms with van der Waals surface area (Å²) in [5.74, 6) is 0.184. The summed E-state index contributed by atoms with van der Waals surface area (Å²) >= 11 is 0. The topological polar surface area (TPSA) is 32.3 Å². The van der Waals surface area contributed by atoms with Gasteiger partial charge in [0, 0.05) is 24.4 Å². The van der Waals surface area contributed by atoms with E-state index in [2.05, 4.69) is 5.43 Å². The second-order valence-electron chi connectivity index (χ2n) is 3.11. The van der Waals surface area contributed by atoms with Crippen molar-refractivity contribution in [2.75, 3.05) is 0 Å². The average Bonchev–Trinajstić information content (AvgIpc) is 2.63. The first-order chi connectivity index (χ1) is 6.31. The van der Waals surface area contributed by atoms with Crippen LogP contribution in [0.1, 0.15) is 13.3 Å². The standard InChI is InChI=1S/C10H12N2O/c1-2-10(13)8-3-4-9-5-6-11-12(9)7-8/h3-7,9,11H,2H2,1H3. The lowest BCUT2D eigenvalue weighted by molar-refractivity contribution is -0.115. The molecule has 68 valence electrons. The summed E-state index contributed by atoms with van der Waals surface area (Å²) in [4.78, 5) is 11.4. The van der Waals surface area contributed by atoms with Gasteiger partial charge in [0.05, 0.1) is 6.04 Å². The SMILES string of the molecule is CCC(=O)C1=CN2NC=CC2C=C1. The molecule has 13 heavy (non-hydrogen) atoms. The van der Waals surface area contributed by atoms with Gasteiger partial charge in [-0.1, -0.05) is 19.1 Å². The Bertz CT molecular complexity index is 315. The highest BCUT2D eigenvalue weighted by molar-refractivity contribution is 5.97. The molecule has 2 aliphatic heterocycles. The number of nitrogens with zero attached hydrogens (tertiary/aromatic N) is 1. The van der Waals surface area contributed by atoms with E-state index in [0.717, 1.165) is 5.57 Å². The van der Waals surface area contributed by atoms with Crippen LogP contribution in [-0.4, -0.2) is 16.8 Å². The Kier molecular flexibility index (Phi) is 1.93. The van der Waals surface area contributed by atoms with E-state index in [1.165, 1.54) is 0 Å². The minimum atomic E-state index is 0.184. The molecule has 0 saturated heterocycles. The van der Waals surface area contributed by atoms with Crippen LogP contribution in [0.2, 0.25) is 0 Å². The van der Waals surface area contributed by atoms with Crippen LogP contribution in [0.4, 0.5) is 0 Å². The number of hydrogen-bond donors (Lipinski definition) is 1. The predicted octanol–water partition coefficient (Wildman–Crippen LogP) is 1.12. The van der Waals surface area contributed by atoms with Crippen molar-refractivity contribution in [1.82, 2.24) is 10.4 Å². The minimum Gasteiger partial charge on any atom is -0.306 e. The van der Waals surface area contributed by atoms with Crippen LogP contribution >= 0.6 is 0 Å². The molecule has 0 spiro atoms. The molecule has 3 heteroatoms. The normalized spacial score (nSPS) is 23.9. The summed E-state index contributed by atoms with van der Waals surface area (Å²) in [5, 5.41) is 1.92. The summed E-state index contributed by atoms with van der Waals surface area (Å²) in [6.07, 6.45) is 10.2. The van der Waals surface area contributed by atoms with E-state index in [0.29, 0.717) is 6.42 Å². The van der Waals surface area contributed by atoms with E-state index >= 15 is 0 Å². The average molecular weight is 176 g/mol. The van der Waals surface area contributed by atoms with Gasteiger partial charge in [-0.25, -0.2) is 0 Å². The molecular weight excluding hydrogens is 164 g/mol. The third-order valence-corrected chi connectivity index (χ3v) is 2.23. The lowest BCUT2D eigenvalue weighted by atomic mass is 10.1. The number of hydrogen-bond acceptors (Lipinski definition) is 3. The van der Waals surface area contributed by atoms with Gasteiger partial charge in [-0.05, 0) is 6.08 Å². The molecular formula is C10H12N2O. The Labute approximate surface area is 77.4 Å². The zero-order valence-corrected chi connectivity index (χ0v) is 7.53. The number of carbonyl (C=O) groups is 1. The quantitative estimate of drug-likeness (QED) is 0.684. The Hall–Kier alpha value is -1.51. The van der Waals surface area contributed by atoms with E-state index in [1.807, 2.05) is 42.6 Å². The molecule has 0 aromatic carbocycles. The number of allylic oxidation sites excluding steroid dienone is 2. The Morgan fingerprint density at radius 1 is 1.62 bits per heavy atom.